The Labute approximate surface area is 123 Å². The smallest absolute Gasteiger partial charge is 0.258 e. The van der Waals surface area contributed by atoms with E-state index in [1.807, 2.05) is 12.1 Å². The minimum atomic E-state index is -0.0605. The van der Waals surface area contributed by atoms with Gasteiger partial charge in [-0.3, -0.25) is 4.79 Å². The maximum atomic E-state index is 12.0. The number of hydrogen-bond acceptors (Lipinski definition) is 2. The summed E-state index contributed by atoms with van der Waals surface area (Å²) in [5.41, 5.74) is 4.46. The first-order valence-corrected chi connectivity index (χ1v) is 7.17. The van der Waals surface area contributed by atoms with Crippen molar-refractivity contribution in [2.45, 2.75) is 26.7 Å². The van der Waals surface area contributed by atoms with Crippen LogP contribution in [-0.4, -0.2) is 9.97 Å². The Hall–Kier alpha value is -2.42. The van der Waals surface area contributed by atoms with Crippen molar-refractivity contribution in [2.24, 2.45) is 0 Å². The van der Waals surface area contributed by atoms with Crippen LogP contribution in [0, 0.1) is 13.8 Å². The van der Waals surface area contributed by atoms with Crippen LogP contribution in [0.4, 0.5) is 0 Å². The lowest BCUT2D eigenvalue weighted by molar-refractivity contribution is 0.959. The van der Waals surface area contributed by atoms with Crippen LogP contribution in [0.2, 0.25) is 0 Å². The van der Waals surface area contributed by atoms with Gasteiger partial charge in [0.15, 0.2) is 0 Å². The third kappa shape index (κ3) is 3.02. The van der Waals surface area contributed by atoms with Crippen LogP contribution in [0.5, 0.6) is 0 Å². The first kappa shape index (κ1) is 13.6. The molecule has 0 aliphatic rings. The molecule has 1 N–H and O–H groups in total. The van der Waals surface area contributed by atoms with E-state index in [-0.39, 0.29) is 5.56 Å². The van der Waals surface area contributed by atoms with E-state index < -0.39 is 0 Å². The molecule has 0 spiro atoms. The Morgan fingerprint density at radius 2 is 1.62 bits per heavy atom. The van der Waals surface area contributed by atoms with Gasteiger partial charge in [-0.2, -0.15) is 0 Å². The van der Waals surface area contributed by atoms with Crippen molar-refractivity contribution in [3.8, 4) is 0 Å². The lowest BCUT2D eigenvalue weighted by atomic mass is 10.0. The monoisotopic (exact) mass is 278 g/mol. The van der Waals surface area contributed by atoms with Crippen molar-refractivity contribution in [2.75, 3.05) is 0 Å². The molecule has 21 heavy (non-hydrogen) atoms. The first-order chi connectivity index (χ1) is 10.1. The van der Waals surface area contributed by atoms with Crippen LogP contribution < -0.4 is 5.56 Å². The zero-order chi connectivity index (χ0) is 14.8. The Bertz CT molecular complexity index is 832. The second-order valence-corrected chi connectivity index (χ2v) is 5.49. The average Bonchev–Trinajstić information content (AvgIpc) is 2.47. The molecule has 0 aliphatic heterocycles. The summed E-state index contributed by atoms with van der Waals surface area (Å²) in [6.07, 6.45) is 1.90. The molecule has 0 radical (unpaired) electrons. The molecular formula is C18H18N2O. The predicted molar refractivity (Wildman–Crippen MR) is 85.7 cm³/mol. The lowest BCUT2D eigenvalue weighted by Crippen LogP contribution is -2.10. The van der Waals surface area contributed by atoms with E-state index in [4.69, 9.17) is 0 Å². The number of nitrogens with one attached hydrogen (secondary N) is 1. The van der Waals surface area contributed by atoms with E-state index in [1.165, 1.54) is 16.7 Å². The Morgan fingerprint density at radius 1 is 0.952 bits per heavy atom. The van der Waals surface area contributed by atoms with E-state index in [0.717, 1.165) is 18.4 Å². The van der Waals surface area contributed by atoms with E-state index in [1.54, 1.807) is 6.92 Å². The molecule has 106 valence electrons. The molecule has 1 aromatic heterocycles. The fourth-order valence-electron chi connectivity index (χ4n) is 2.50. The van der Waals surface area contributed by atoms with Gasteiger partial charge in [-0.1, -0.05) is 35.9 Å². The Morgan fingerprint density at radius 3 is 2.38 bits per heavy atom. The van der Waals surface area contributed by atoms with Gasteiger partial charge in [-0.25, -0.2) is 4.98 Å². The summed E-state index contributed by atoms with van der Waals surface area (Å²) < 4.78 is 0. The highest BCUT2D eigenvalue weighted by Gasteiger charge is 2.03. The predicted octanol–water partition coefficient (Wildman–Crippen LogP) is 3.33. The molecule has 0 amide bonds. The fourth-order valence-corrected chi connectivity index (χ4v) is 2.50. The van der Waals surface area contributed by atoms with Crippen molar-refractivity contribution in [3.63, 3.8) is 0 Å². The molecule has 0 unspecified atom stereocenters. The molecule has 3 nitrogen and oxygen atoms in total. The van der Waals surface area contributed by atoms with Crippen molar-refractivity contribution < 1.29 is 0 Å². The zero-order valence-corrected chi connectivity index (χ0v) is 12.3. The number of hydrogen-bond donors (Lipinski definition) is 1. The highest BCUT2D eigenvalue weighted by atomic mass is 16.1. The highest BCUT2D eigenvalue weighted by Crippen LogP contribution is 2.13. The van der Waals surface area contributed by atoms with Gasteiger partial charge in [0.2, 0.25) is 0 Å². The van der Waals surface area contributed by atoms with Crippen LogP contribution in [-0.2, 0) is 12.8 Å². The van der Waals surface area contributed by atoms with Crippen LogP contribution in [0.3, 0.4) is 0 Å². The maximum Gasteiger partial charge on any atom is 0.258 e. The van der Waals surface area contributed by atoms with Crippen LogP contribution in [0.1, 0.15) is 22.5 Å². The standard InChI is InChI=1S/C18H18N2O/c1-12-3-5-14(6-4-12)7-8-15-9-10-17-16(11-15)18(21)20-13(2)19-17/h3-6,9-11H,7-8H2,1-2H3,(H,19,20,21). The minimum Gasteiger partial charge on any atom is -0.310 e. The van der Waals surface area contributed by atoms with Gasteiger partial charge >= 0.3 is 0 Å². The van der Waals surface area contributed by atoms with Crippen LogP contribution in [0.15, 0.2) is 47.3 Å². The third-order valence-corrected chi connectivity index (χ3v) is 3.71. The van der Waals surface area contributed by atoms with E-state index in [9.17, 15) is 4.79 Å². The van der Waals surface area contributed by atoms with Gasteiger partial charge in [-0.15, -0.1) is 0 Å². The number of aryl methyl sites for hydroxylation is 4. The van der Waals surface area contributed by atoms with Gasteiger partial charge < -0.3 is 4.98 Å². The summed E-state index contributed by atoms with van der Waals surface area (Å²) >= 11 is 0. The molecule has 0 atom stereocenters. The second kappa shape index (κ2) is 5.52. The Kier molecular flexibility index (Phi) is 3.57. The number of aromatic amines is 1. The number of fused-ring (bicyclic) bond motifs is 1. The highest BCUT2D eigenvalue weighted by molar-refractivity contribution is 5.78. The molecule has 1 heterocycles. The van der Waals surface area contributed by atoms with Crippen molar-refractivity contribution in [1.82, 2.24) is 9.97 Å². The minimum absolute atomic E-state index is 0.0605. The lowest BCUT2D eigenvalue weighted by Gasteiger charge is -2.05. The second-order valence-electron chi connectivity index (χ2n) is 5.49. The fraction of sp³-hybridized carbons (Fsp3) is 0.222. The number of H-pyrrole nitrogens is 1. The van der Waals surface area contributed by atoms with Crippen molar-refractivity contribution >= 4 is 10.9 Å². The molecule has 0 bridgehead atoms. The largest absolute Gasteiger partial charge is 0.310 e. The summed E-state index contributed by atoms with van der Waals surface area (Å²) in [6, 6.07) is 14.5. The summed E-state index contributed by atoms with van der Waals surface area (Å²) in [6.45, 7) is 3.89. The Balaban J connectivity index is 1.84. The SMILES string of the molecule is Cc1ccc(CCc2ccc3nc(C)[nH]c(=O)c3c2)cc1. The summed E-state index contributed by atoms with van der Waals surface area (Å²) in [4.78, 5) is 19.1. The number of rotatable bonds is 3. The van der Waals surface area contributed by atoms with Gasteiger partial charge in [0.05, 0.1) is 10.9 Å². The number of aromatic nitrogens is 2. The quantitative estimate of drug-likeness (QED) is 0.798. The third-order valence-electron chi connectivity index (χ3n) is 3.71. The zero-order valence-electron chi connectivity index (χ0n) is 12.3. The average molecular weight is 278 g/mol. The van der Waals surface area contributed by atoms with E-state index in [2.05, 4.69) is 47.2 Å². The first-order valence-electron chi connectivity index (χ1n) is 7.17. The molecule has 3 heteroatoms. The molecule has 0 saturated heterocycles. The summed E-state index contributed by atoms with van der Waals surface area (Å²) in [5.74, 6) is 0.653. The maximum absolute atomic E-state index is 12.0. The number of nitrogens with zero attached hydrogens (tertiary/aromatic N) is 1. The molecule has 2 aromatic carbocycles. The van der Waals surface area contributed by atoms with Crippen molar-refractivity contribution in [3.05, 3.63) is 75.3 Å². The summed E-state index contributed by atoms with van der Waals surface area (Å²) in [5, 5.41) is 0.669. The molecule has 0 saturated carbocycles. The van der Waals surface area contributed by atoms with E-state index in [0.29, 0.717) is 11.2 Å². The van der Waals surface area contributed by atoms with Crippen molar-refractivity contribution in [1.29, 1.82) is 0 Å². The van der Waals surface area contributed by atoms with Gasteiger partial charge in [0.25, 0.3) is 5.56 Å². The molecular weight excluding hydrogens is 260 g/mol. The number of benzene rings is 2. The normalized spacial score (nSPS) is 11.0. The molecule has 3 aromatic rings. The molecule has 0 fully saturated rings. The van der Waals surface area contributed by atoms with Crippen LogP contribution in [0.25, 0.3) is 10.9 Å². The summed E-state index contributed by atoms with van der Waals surface area (Å²) in [7, 11) is 0. The topological polar surface area (TPSA) is 45.8 Å². The van der Waals surface area contributed by atoms with Gasteiger partial charge in [0, 0.05) is 0 Å². The van der Waals surface area contributed by atoms with E-state index >= 15 is 0 Å². The van der Waals surface area contributed by atoms with Crippen LogP contribution >= 0.6 is 0 Å². The molecule has 3 rings (SSSR count). The van der Waals surface area contributed by atoms with Gasteiger partial charge in [-0.05, 0) is 49.9 Å². The molecule has 0 aliphatic carbocycles. The van der Waals surface area contributed by atoms with Gasteiger partial charge in [0.1, 0.15) is 5.82 Å².